The van der Waals surface area contributed by atoms with Crippen molar-refractivity contribution in [1.82, 2.24) is 10.6 Å². The second-order valence-corrected chi connectivity index (χ2v) is 10.9. The first-order chi connectivity index (χ1) is 11.3. The van der Waals surface area contributed by atoms with Gasteiger partial charge >= 0.3 is 0 Å². The van der Waals surface area contributed by atoms with E-state index in [4.69, 9.17) is 12.2 Å². The third-order valence-corrected chi connectivity index (χ3v) is 9.34. The maximum atomic E-state index is 5.59. The quantitative estimate of drug-likeness (QED) is 0.726. The fourth-order valence-corrected chi connectivity index (χ4v) is 7.09. The van der Waals surface area contributed by atoms with E-state index in [-0.39, 0.29) is 0 Å². The van der Waals surface area contributed by atoms with Crippen LogP contribution in [-0.4, -0.2) is 18.2 Å². The molecule has 0 aliphatic heterocycles. The SMILES string of the molecule is CC1(C)[C@@H]2CC[C@H](CNC(=S)NC[C@H]3CC[C@@H]4C[C@H]3C4(C)C)[C@H]1C2. The largest absolute Gasteiger partial charge is 0.362 e. The Labute approximate surface area is 153 Å². The Morgan fingerprint density at radius 2 is 1.21 bits per heavy atom. The summed E-state index contributed by atoms with van der Waals surface area (Å²) in [4.78, 5) is 0. The summed E-state index contributed by atoms with van der Waals surface area (Å²) in [5.41, 5.74) is 1.15. The Morgan fingerprint density at radius 1 is 0.792 bits per heavy atom. The van der Waals surface area contributed by atoms with E-state index in [0.717, 1.165) is 53.7 Å². The van der Waals surface area contributed by atoms with Crippen molar-refractivity contribution in [1.29, 1.82) is 0 Å². The van der Waals surface area contributed by atoms with E-state index in [0.29, 0.717) is 10.8 Å². The van der Waals surface area contributed by atoms with Crippen LogP contribution >= 0.6 is 12.2 Å². The van der Waals surface area contributed by atoms with Gasteiger partial charge in [-0.25, -0.2) is 0 Å². The average Bonchev–Trinajstić information content (AvgIpc) is 2.58. The molecule has 4 bridgehead atoms. The first-order valence-corrected chi connectivity index (χ1v) is 10.7. The van der Waals surface area contributed by atoms with Gasteiger partial charge in [-0.15, -0.1) is 0 Å². The lowest BCUT2D eigenvalue weighted by Crippen LogP contribution is -2.56. The van der Waals surface area contributed by atoms with Crippen LogP contribution in [0.3, 0.4) is 0 Å². The van der Waals surface area contributed by atoms with Crippen LogP contribution in [0.4, 0.5) is 0 Å². The van der Waals surface area contributed by atoms with Crippen molar-refractivity contribution in [2.45, 2.75) is 66.2 Å². The molecular formula is C21H36N2S. The molecule has 0 saturated heterocycles. The van der Waals surface area contributed by atoms with E-state index in [1.54, 1.807) is 0 Å². The lowest BCUT2D eigenvalue weighted by Gasteiger charge is -2.60. The second kappa shape index (κ2) is 5.86. The van der Waals surface area contributed by atoms with Gasteiger partial charge in [0, 0.05) is 13.1 Å². The van der Waals surface area contributed by atoms with Crippen LogP contribution in [0.15, 0.2) is 0 Å². The van der Waals surface area contributed by atoms with Crippen LogP contribution in [-0.2, 0) is 0 Å². The number of hydrogen-bond donors (Lipinski definition) is 2. The third kappa shape index (κ3) is 2.61. The Hall–Kier alpha value is -0.310. The zero-order valence-corrected chi connectivity index (χ0v) is 16.8. The molecule has 0 heterocycles. The first-order valence-electron chi connectivity index (χ1n) is 10.3. The van der Waals surface area contributed by atoms with Crippen molar-refractivity contribution in [3.8, 4) is 0 Å². The van der Waals surface area contributed by atoms with Gasteiger partial charge in [-0.2, -0.15) is 0 Å². The van der Waals surface area contributed by atoms with Gasteiger partial charge in [0.1, 0.15) is 0 Å². The fraction of sp³-hybridized carbons (Fsp3) is 0.952. The summed E-state index contributed by atoms with van der Waals surface area (Å²) in [5, 5.41) is 8.00. The molecule has 2 nitrogen and oxygen atoms in total. The monoisotopic (exact) mass is 348 g/mol. The van der Waals surface area contributed by atoms with Crippen LogP contribution < -0.4 is 10.6 Å². The Bertz CT molecular complexity index is 464. The summed E-state index contributed by atoms with van der Waals surface area (Å²) >= 11 is 5.59. The number of thiocarbonyl (C=S) groups is 1. The van der Waals surface area contributed by atoms with E-state index in [9.17, 15) is 0 Å². The van der Waals surface area contributed by atoms with Gasteiger partial charge in [-0.1, -0.05) is 27.7 Å². The van der Waals surface area contributed by atoms with Crippen LogP contribution in [0.25, 0.3) is 0 Å². The molecule has 2 N–H and O–H groups in total. The summed E-state index contributed by atoms with van der Waals surface area (Å²) in [6, 6.07) is 0. The molecule has 0 aromatic rings. The number of hydrogen-bond acceptors (Lipinski definition) is 1. The lowest BCUT2D eigenvalue weighted by molar-refractivity contribution is -0.103. The second-order valence-electron chi connectivity index (χ2n) is 10.5. The summed E-state index contributed by atoms with van der Waals surface area (Å²) in [5.74, 6) is 5.46. The maximum absolute atomic E-state index is 5.59. The predicted octanol–water partition coefficient (Wildman–Crippen LogP) is 4.60. The minimum Gasteiger partial charge on any atom is -0.362 e. The van der Waals surface area contributed by atoms with Crippen LogP contribution in [0, 0.1) is 46.3 Å². The van der Waals surface area contributed by atoms with Gasteiger partial charge < -0.3 is 10.6 Å². The lowest BCUT2D eigenvalue weighted by atomic mass is 9.45. The van der Waals surface area contributed by atoms with E-state index >= 15 is 0 Å². The minimum atomic E-state index is 0.577. The standard InChI is InChI=1S/C21H36N2S/c1-20(2)15-7-5-13(17(20)9-15)11-22-19(24)23-12-14-6-8-16-10-18(14)21(16,3)4/h13-18H,5-12H2,1-4H3,(H2,22,23,24)/t13-,14-,15-,16-,17-,18-/m1/s1. The molecule has 0 radical (unpaired) electrons. The Morgan fingerprint density at radius 3 is 1.54 bits per heavy atom. The van der Waals surface area contributed by atoms with Gasteiger partial charge in [0.2, 0.25) is 0 Å². The Balaban J connectivity index is 1.20. The highest BCUT2D eigenvalue weighted by molar-refractivity contribution is 7.80. The van der Waals surface area contributed by atoms with Crippen molar-refractivity contribution in [2.24, 2.45) is 46.3 Å². The van der Waals surface area contributed by atoms with Crippen LogP contribution in [0.5, 0.6) is 0 Å². The highest BCUT2D eigenvalue weighted by Crippen LogP contribution is 2.62. The summed E-state index contributed by atoms with van der Waals surface area (Å²) in [6.07, 6.45) is 8.56. The average molecular weight is 349 g/mol. The number of fused-ring (bicyclic) bond motifs is 4. The molecule has 0 aromatic carbocycles. The van der Waals surface area contributed by atoms with Gasteiger partial charge in [-0.05, 0) is 97.1 Å². The van der Waals surface area contributed by atoms with Gasteiger partial charge in [0.05, 0.1) is 0 Å². The summed E-state index contributed by atoms with van der Waals surface area (Å²) in [7, 11) is 0. The number of rotatable bonds is 4. The van der Waals surface area contributed by atoms with E-state index in [1.807, 2.05) is 0 Å². The highest BCUT2D eigenvalue weighted by Gasteiger charge is 2.54. The van der Waals surface area contributed by atoms with Crippen LogP contribution in [0.1, 0.15) is 66.2 Å². The molecule has 0 amide bonds. The van der Waals surface area contributed by atoms with Crippen LogP contribution in [0.2, 0.25) is 0 Å². The molecular weight excluding hydrogens is 312 g/mol. The van der Waals surface area contributed by atoms with Crippen molar-refractivity contribution >= 4 is 17.3 Å². The molecule has 6 saturated carbocycles. The van der Waals surface area contributed by atoms with Gasteiger partial charge in [0.25, 0.3) is 0 Å². The number of nitrogens with one attached hydrogen (secondary N) is 2. The predicted molar refractivity (Wildman–Crippen MR) is 105 cm³/mol. The van der Waals surface area contributed by atoms with Gasteiger partial charge in [-0.3, -0.25) is 0 Å². The molecule has 6 rings (SSSR count). The minimum absolute atomic E-state index is 0.577. The van der Waals surface area contributed by atoms with Gasteiger partial charge in [0.15, 0.2) is 5.11 Å². The molecule has 0 unspecified atom stereocenters. The van der Waals surface area contributed by atoms with E-state index < -0.39 is 0 Å². The van der Waals surface area contributed by atoms with Crippen molar-refractivity contribution in [3.63, 3.8) is 0 Å². The molecule has 0 spiro atoms. The maximum Gasteiger partial charge on any atom is 0.166 e. The highest BCUT2D eigenvalue weighted by atomic mass is 32.1. The fourth-order valence-electron chi connectivity index (χ4n) is 6.92. The normalized spacial score (nSPS) is 44.0. The third-order valence-electron chi connectivity index (χ3n) is 9.05. The van der Waals surface area contributed by atoms with Crippen molar-refractivity contribution < 1.29 is 0 Å². The van der Waals surface area contributed by atoms with E-state index in [1.165, 1.54) is 38.5 Å². The molecule has 3 heteroatoms. The van der Waals surface area contributed by atoms with Crippen molar-refractivity contribution in [2.75, 3.05) is 13.1 Å². The zero-order valence-electron chi connectivity index (χ0n) is 16.0. The molecule has 136 valence electrons. The summed E-state index contributed by atoms with van der Waals surface area (Å²) < 4.78 is 0. The molecule has 6 atom stereocenters. The van der Waals surface area contributed by atoms with Crippen molar-refractivity contribution in [3.05, 3.63) is 0 Å². The molecule has 6 fully saturated rings. The molecule has 24 heavy (non-hydrogen) atoms. The topological polar surface area (TPSA) is 24.1 Å². The first kappa shape index (κ1) is 17.1. The summed E-state index contributed by atoms with van der Waals surface area (Å²) in [6.45, 7) is 12.1. The molecule has 6 aliphatic rings. The molecule has 6 aliphatic carbocycles. The Kier molecular flexibility index (Phi) is 4.18. The molecule has 0 aromatic heterocycles. The zero-order chi connectivity index (χ0) is 17.1. The van der Waals surface area contributed by atoms with E-state index in [2.05, 4.69) is 38.3 Å². The smallest absolute Gasteiger partial charge is 0.166 e.